The molecule has 1 heterocycles. The Hall–Kier alpha value is -2.00. The van der Waals surface area contributed by atoms with Gasteiger partial charge >= 0.3 is 0 Å². The summed E-state index contributed by atoms with van der Waals surface area (Å²) < 4.78 is 11.1. The maximum absolute atomic E-state index is 11.8. The van der Waals surface area contributed by atoms with E-state index >= 15 is 0 Å². The maximum atomic E-state index is 11.8. The standard InChI is InChI=1S/C15H11ClO3/c1-18-11-7-4-8-12-14(11)13(15(16)17)9-5-2-3-6-10(9)19-12/h2-8,13H,1H3. The molecule has 0 saturated carbocycles. The Morgan fingerprint density at radius 2 is 1.89 bits per heavy atom. The predicted molar refractivity (Wildman–Crippen MR) is 72.2 cm³/mol. The van der Waals surface area contributed by atoms with Crippen LogP contribution in [-0.2, 0) is 4.79 Å². The third-order valence-electron chi connectivity index (χ3n) is 3.21. The number of ether oxygens (including phenoxy) is 2. The van der Waals surface area contributed by atoms with Gasteiger partial charge in [-0.1, -0.05) is 24.3 Å². The Kier molecular flexibility index (Phi) is 2.91. The molecule has 1 unspecified atom stereocenters. The number of carbonyl (C=O) groups excluding carboxylic acids is 1. The number of fused-ring (bicyclic) bond motifs is 2. The van der Waals surface area contributed by atoms with Crippen LogP contribution < -0.4 is 9.47 Å². The summed E-state index contributed by atoms with van der Waals surface area (Å²) in [5, 5.41) is -0.443. The molecule has 0 amide bonds. The summed E-state index contributed by atoms with van der Waals surface area (Å²) in [7, 11) is 1.56. The van der Waals surface area contributed by atoms with Crippen molar-refractivity contribution in [2.45, 2.75) is 5.92 Å². The second kappa shape index (κ2) is 4.59. The van der Waals surface area contributed by atoms with Crippen molar-refractivity contribution in [3.63, 3.8) is 0 Å². The molecule has 1 atom stereocenters. The van der Waals surface area contributed by atoms with Crippen molar-refractivity contribution < 1.29 is 14.3 Å². The Bertz CT molecular complexity index is 652. The Morgan fingerprint density at radius 1 is 1.16 bits per heavy atom. The molecule has 0 aliphatic carbocycles. The zero-order valence-electron chi connectivity index (χ0n) is 10.2. The van der Waals surface area contributed by atoms with Gasteiger partial charge < -0.3 is 9.47 Å². The number of methoxy groups -OCH3 is 1. The van der Waals surface area contributed by atoms with E-state index in [0.717, 1.165) is 5.56 Å². The minimum absolute atomic E-state index is 0.443. The molecule has 2 aromatic rings. The predicted octanol–water partition coefficient (Wildman–Crippen LogP) is 3.70. The molecule has 96 valence electrons. The lowest BCUT2D eigenvalue weighted by atomic mass is 9.88. The molecule has 0 bridgehead atoms. The van der Waals surface area contributed by atoms with E-state index in [-0.39, 0.29) is 0 Å². The Morgan fingerprint density at radius 3 is 2.63 bits per heavy atom. The number of para-hydroxylation sites is 1. The molecular weight excluding hydrogens is 264 g/mol. The average Bonchev–Trinajstić information content (AvgIpc) is 2.43. The average molecular weight is 275 g/mol. The largest absolute Gasteiger partial charge is 0.496 e. The van der Waals surface area contributed by atoms with E-state index in [9.17, 15) is 4.79 Å². The fourth-order valence-corrected chi connectivity index (χ4v) is 2.62. The first-order valence-electron chi connectivity index (χ1n) is 5.85. The summed E-state index contributed by atoms with van der Waals surface area (Å²) in [6.07, 6.45) is 0. The van der Waals surface area contributed by atoms with Gasteiger partial charge in [-0.25, -0.2) is 0 Å². The van der Waals surface area contributed by atoms with Crippen LogP contribution in [0.5, 0.6) is 17.2 Å². The van der Waals surface area contributed by atoms with Gasteiger partial charge in [-0.05, 0) is 29.8 Å². The van der Waals surface area contributed by atoms with Gasteiger partial charge in [0.05, 0.1) is 18.6 Å². The van der Waals surface area contributed by atoms with Crippen LogP contribution in [0.25, 0.3) is 0 Å². The number of rotatable bonds is 2. The van der Waals surface area contributed by atoms with Crippen molar-refractivity contribution in [1.82, 2.24) is 0 Å². The van der Waals surface area contributed by atoms with Crippen molar-refractivity contribution >= 4 is 16.8 Å². The molecular formula is C15H11ClO3. The van der Waals surface area contributed by atoms with Crippen molar-refractivity contribution in [3.8, 4) is 17.2 Å². The Balaban J connectivity index is 2.27. The molecule has 4 heteroatoms. The fraction of sp³-hybridized carbons (Fsp3) is 0.133. The van der Waals surface area contributed by atoms with E-state index in [0.29, 0.717) is 22.8 Å². The quantitative estimate of drug-likeness (QED) is 0.784. The second-order valence-electron chi connectivity index (χ2n) is 4.25. The monoisotopic (exact) mass is 274 g/mol. The van der Waals surface area contributed by atoms with Gasteiger partial charge in [-0.3, -0.25) is 4.79 Å². The van der Waals surface area contributed by atoms with E-state index in [2.05, 4.69) is 0 Å². The lowest BCUT2D eigenvalue weighted by Gasteiger charge is -2.27. The number of hydrogen-bond donors (Lipinski definition) is 0. The first kappa shape index (κ1) is 12.1. The molecule has 19 heavy (non-hydrogen) atoms. The zero-order chi connectivity index (χ0) is 13.4. The van der Waals surface area contributed by atoms with E-state index in [4.69, 9.17) is 21.1 Å². The number of carbonyl (C=O) groups is 1. The van der Waals surface area contributed by atoms with Gasteiger partial charge in [0, 0.05) is 5.56 Å². The fourth-order valence-electron chi connectivity index (χ4n) is 2.40. The van der Waals surface area contributed by atoms with Crippen LogP contribution >= 0.6 is 11.6 Å². The SMILES string of the molecule is COc1cccc2c1C(C(=O)Cl)c1ccccc1O2. The highest BCUT2D eigenvalue weighted by molar-refractivity contribution is 6.65. The normalized spacial score (nSPS) is 16.0. The van der Waals surface area contributed by atoms with E-state index in [1.165, 1.54) is 0 Å². The van der Waals surface area contributed by atoms with Crippen LogP contribution in [-0.4, -0.2) is 12.4 Å². The molecule has 3 rings (SSSR count). The highest BCUT2D eigenvalue weighted by Gasteiger charge is 2.34. The van der Waals surface area contributed by atoms with Gasteiger partial charge in [0.15, 0.2) is 0 Å². The van der Waals surface area contributed by atoms with Crippen LogP contribution in [0.1, 0.15) is 17.0 Å². The first-order chi connectivity index (χ1) is 9.22. The van der Waals surface area contributed by atoms with Gasteiger partial charge in [0.25, 0.3) is 0 Å². The van der Waals surface area contributed by atoms with Crippen LogP contribution in [0, 0.1) is 0 Å². The molecule has 0 N–H and O–H groups in total. The molecule has 3 nitrogen and oxygen atoms in total. The molecule has 0 aromatic heterocycles. The van der Waals surface area contributed by atoms with Gasteiger partial charge in [0.1, 0.15) is 17.2 Å². The summed E-state index contributed by atoms with van der Waals surface area (Å²) in [6, 6.07) is 12.8. The lowest BCUT2D eigenvalue weighted by molar-refractivity contribution is -0.112. The van der Waals surface area contributed by atoms with E-state index in [1.807, 2.05) is 30.3 Å². The van der Waals surface area contributed by atoms with Gasteiger partial charge in [0.2, 0.25) is 5.24 Å². The highest BCUT2D eigenvalue weighted by Crippen LogP contribution is 2.48. The van der Waals surface area contributed by atoms with E-state index in [1.54, 1.807) is 19.2 Å². The topological polar surface area (TPSA) is 35.5 Å². The summed E-state index contributed by atoms with van der Waals surface area (Å²) in [6.45, 7) is 0. The molecule has 1 aliphatic rings. The minimum Gasteiger partial charge on any atom is -0.496 e. The molecule has 0 saturated heterocycles. The van der Waals surface area contributed by atoms with Crippen LogP contribution in [0.4, 0.5) is 0 Å². The van der Waals surface area contributed by atoms with Crippen LogP contribution in [0.3, 0.4) is 0 Å². The lowest BCUT2D eigenvalue weighted by Crippen LogP contribution is -2.16. The Labute approximate surface area is 115 Å². The number of benzene rings is 2. The van der Waals surface area contributed by atoms with Crippen molar-refractivity contribution in [1.29, 1.82) is 0 Å². The van der Waals surface area contributed by atoms with Crippen molar-refractivity contribution in [2.24, 2.45) is 0 Å². The van der Waals surface area contributed by atoms with Crippen molar-refractivity contribution in [2.75, 3.05) is 7.11 Å². The molecule has 0 radical (unpaired) electrons. The zero-order valence-corrected chi connectivity index (χ0v) is 11.0. The van der Waals surface area contributed by atoms with E-state index < -0.39 is 11.2 Å². The smallest absolute Gasteiger partial charge is 0.233 e. The maximum Gasteiger partial charge on any atom is 0.233 e. The summed E-state index contributed by atoms with van der Waals surface area (Å²) in [5.41, 5.74) is 1.45. The first-order valence-corrected chi connectivity index (χ1v) is 6.23. The third-order valence-corrected chi connectivity index (χ3v) is 3.43. The molecule has 0 fully saturated rings. The minimum atomic E-state index is -0.558. The number of hydrogen-bond acceptors (Lipinski definition) is 3. The van der Waals surface area contributed by atoms with Crippen molar-refractivity contribution in [3.05, 3.63) is 53.6 Å². The molecule has 0 spiro atoms. The summed E-state index contributed by atoms with van der Waals surface area (Å²) in [5.74, 6) is 1.31. The summed E-state index contributed by atoms with van der Waals surface area (Å²) >= 11 is 5.79. The van der Waals surface area contributed by atoms with Gasteiger partial charge in [-0.15, -0.1) is 0 Å². The summed E-state index contributed by atoms with van der Waals surface area (Å²) in [4.78, 5) is 11.8. The number of halogens is 1. The highest BCUT2D eigenvalue weighted by atomic mass is 35.5. The van der Waals surface area contributed by atoms with Crippen LogP contribution in [0.15, 0.2) is 42.5 Å². The second-order valence-corrected chi connectivity index (χ2v) is 4.62. The van der Waals surface area contributed by atoms with Crippen LogP contribution in [0.2, 0.25) is 0 Å². The molecule has 1 aliphatic heterocycles. The third kappa shape index (κ3) is 1.87. The molecule has 2 aromatic carbocycles. The van der Waals surface area contributed by atoms with Gasteiger partial charge in [-0.2, -0.15) is 0 Å².